The molecule has 16 heavy (non-hydrogen) atoms. The van der Waals surface area contributed by atoms with Crippen LogP contribution in [0.4, 0.5) is 5.95 Å². The molecule has 0 radical (unpaired) electrons. The molecular formula is C9H6ClN5S. The van der Waals surface area contributed by atoms with Crippen LogP contribution in [-0.4, -0.2) is 19.9 Å². The van der Waals surface area contributed by atoms with Crippen molar-refractivity contribution in [3.63, 3.8) is 0 Å². The lowest BCUT2D eigenvalue weighted by Crippen LogP contribution is -1.93. The summed E-state index contributed by atoms with van der Waals surface area (Å²) >= 11 is 7.54. The van der Waals surface area contributed by atoms with E-state index in [0.29, 0.717) is 16.5 Å². The molecule has 5 nitrogen and oxygen atoms in total. The molecule has 0 aromatic carbocycles. The molecule has 0 fully saturated rings. The first kappa shape index (κ1) is 9.56. The third-order valence-corrected chi connectivity index (χ3v) is 3.31. The fraction of sp³-hybridized carbons (Fsp3) is 0. The van der Waals surface area contributed by atoms with E-state index in [1.807, 2.05) is 10.8 Å². The second-order valence-corrected chi connectivity index (χ2v) is 4.34. The highest BCUT2D eigenvalue weighted by molar-refractivity contribution is 7.08. The van der Waals surface area contributed by atoms with Crippen LogP contribution in [-0.2, 0) is 0 Å². The van der Waals surface area contributed by atoms with Crippen molar-refractivity contribution in [1.29, 1.82) is 0 Å². The number of fused-ring (bicyclic) bond motifs is 1. The minimum Gasteiger partial charge on any atom is -0.368 e. The number of nitrogens with two attached hydrogens (primary N) is 1. The molecule has 3 N–H and O–H groups in total. The summed E-state index contributed by atoms with van der Waals surface area (Å²) in [4.78, 5) is 15.3. The average molecular weight is 252 g/mol. The quantitative estimate of drug-likeness (QED) is 0.696. The zero-order valence-corrected chi connectivity index (χ0v) is 9.51. The molecule has 0 amide bonds. The SMILES string of the molecule is Nc1ncc2[nH]c(-c3cscc3Cl)nc2n1. The Labute approximate surface area is 99.3 Å². The van der Waals surface area contributed by atoms with Crippen LogP contribution in [0.5, 0.6) is 0 Å². The number of halogens is 1. The summed E-state index contributed by atoms with van der Waals surface area (Å²) < 4.78 is 0. The van der Waals surface area contributed by atoms with Gasteiger partial charge < -0.3 is 10.7 Å². The van der Waals surface area contributed by atoms with Gasteiger partial charge in [-0.2, -0.15) is 16.3 Å². The van der Waals surface area contributed by atoms with Gasteiger partial charge in [0.25, 0.3) is 0 Å². The summed E-state index contributed by atoms with van der Waals surface area (Å²) in [5.41, 5.74) is 7.63. The van der Waals surface area contributed by atoms with Gasteiger partial charge in [-0.05, 0) is 0 Å². The van der Waals surface area contributed by atoms with Crippen molar-refractivity contribution in [3.8, 4) is 11.4 Å². The molecule has 0 spiro atoms. The Balaban J connectivity index is 2.23. The van der Waals surface area contributed by atoms with Gasteiger partial charge in [0.15, 0.2) is 5.65 Å². The Morgan fingerprint density at radius 2 is 2.19 bits per heavy atom. The summed E-state index contributed by atoms with van der Waals surface area (Å²) in [5.74, 6) is 0.892. The third kappa shape index (κ3) is 1.43. The van der Waals surface area contributed by atoms with Gasteiger partial charge in [-0.1, -0.05) is 11.6 Å². The highest BCUT2D eigenvalue weighted by Gasteiger charge is 2.10. The number of aromatic nitrogens is 4. The molecule has 3 aromatic heterocycles. The summed E-state index contributed by atoms with van der Waals surface area (Å²) in [7, 11) is 0. The molecule has 0 aliphatic heterocycles. The van der Waals surface area contributed by atoms with Crippen LogP contribution in [0.3, 0.4) is 0 Å². The van der Waals surface area contributed by atoms with Crippen LogP contribution in [0.2, 0.25) is 5.02 Å². The van der Waals surface area contributed by atoms with Gasteiger partial charge in [0.2, 0.25) is 5.95 Å². The number of nitrogen functional groups attached to an aromatic ring is 1. The van der Waals surface area contributed by atoms with Crippen molar-refractivity contribution >= 4 is 40.0 Å². The minimum atomic E-state index is 0.210. The number of rotatable bonds is 1. The lowest BCUT2D eigenvalue weighted by molar-refractivity contribution is 1.22. The molecule has 0 atom stereocenters. The van der Waals surface area contributed by atoms with Gasteiger partial charge >= 0.3 is 0 Å². The van der Waals surface area contributed by atoms with Crippen LogP contribution in [0.15, 0.2) is 17.0 Å². The first-order valence-electron chi connectivity index (χ1n) is 4.44. The average Bonchev–Trinajstić information content (AvgIpc) is 2.82. The highest BCUT2D eigenvalue weighted by atomic mass is 35.5. The standard InChI is InChI=1S/C9H6ClN5S/c10-5-3-16-2-4(5)7-13-6-1-12-9(11)15-8(6)14-7/h1-3H,(H3,11,12,13,14,15). The molecule has 0 aliphatic rings. The monoisotopic (exact) mass is 251 g/mol. The van der Waals surface area contributed by atoms with Crippen LogP contribution in [0, 0.1) is 0 Å². The number of H-pyrrole nitrogens is 1. The van der Waals surface area contributed by atoms with E-state index in [4.69, 9.17) is 17.3 Å². The van der Waals surface area contributed by atoms with Crippen LogP contribution < -0.4 is 5.73 Å². The van der Waals surface area contributed by atoms with E-state index in [0.717, 1.165) is 11.1 Å². The van der Waals surface area contributed by atoms with Crippen molar-refractivity contribution < 1.29 is 0 Å². The van der Waals surface area contributed by atoms with E-state index in [1.54, 1.807) is 6.20 Å². The zero-order chi connectivity index (χ0) is 11.1. The molecule has 0 bridgehead atoms. The van der Waals surface area contributed by atoms with Gasteiger partial charge in [-0.3, -0.25) is 0 Å². The lowest BCUT2D eigenvalue weighted by Gasteiger charge is -1.90. The maximum absolute atomic E-state index is 6.02. The maximum atomic E-state index is 6.02. The van der Waals surface area contributed by atoms with Crippen LogP contribution in [0.25, 0.3) is 22.6 Å². The number of nitrogens with one attached hydrogen (secondary N) is 1. The number of anilines is 1. The molecule has 0 saturated carbocycles. The summed E-state index contributed by atoms with van der Waals surface area (Å²) in [6.45, 7) is 0. The van der Waals surface area contributed by atoms with Crippen molar-refractivity contribution in [1.82, 2.24) is 19.9 Å². The largest absolute Gasteiger partial charge is 0.368 e. The van der Waals surface area contributed by atoms with Gasteiger partial charge in [-0.15, -0.1) is 0 Å². The smallest absolute Gasteiger partial charge is 0.222 e. The molecular weight excluding hydrogens is 246 g/mol. The van der Waals surface area contributed by atoms with E-state index in [1.165, 1.54) is 11.3 Å². The number of hydrogen-bond acceptors (Lipinski definition) is 5. The third-order valence-electron chi connectivity index (χ3n) is 2.13. The highest BCUT2D eigenvalue weighted by Crippen LogP contribution is 2.30. The fourth-order valence-corrected chi connectivity index (χ4v) is 2.45. The first-order chi connectivity index (χ1) is 7.74. The van der Waals surface area contributed by atoms with Crippen molar-refractivity contribution in [2.75, 3.05) is 5.73 Å². The van der Waals surface area contributed by atoms with E-state index >= 15 is 0 Å². The minimum absolute atomic E-state index is 0.210. The topological polar surface area (TPSA) is 80.5 Å². The molecule has 3 heterocycles. The Kier molecular flexibility index (Phi) is 2.05. The first-order valence-corrected chi connectivity index (χ1v) is 5.76. The molecule has 7 heteroatoms. The van der Waals surface area contributed by atoms with Crippen LogP contribution in [0.1, 0.15) is 0 Å². The van der Waals surface area contributed by atoms with Crippen molar-refractivity contribution in [3.05, 3.63) is 22.0 Å². The van der Waals surface area contributed by atoms with E-state index in [2.05, 4.69) is 19.9 Å². The van der Waals surface area contributed by atoms with Crippen LogP contribution >= 0.6 is 22.9 Å². The molecule has 0 saturated heterocycles. The predicted molar refractivity (Wildman–Crippen MR) is 64.4 cm³/mol. The zero-order valence-electron chi connectivity index (χ0n) is 7.94. The Hall–Kier alpha value is -1.66. The Bertz CT molecular complexity index is 659. The van der Waals surface area contributed by atoms with Gasteiger partial charge in [-0.25, -0.2) is 9.97 Å². The molecule has 80 valence electrons. The fourth-order valence-electron chi connectivity index (χ4n) is 1.40. The molecule has 0 unspecified atom stereocenters. The number of nitrogens with zero attached hydrogens (tertiary/aromatic N) is 3. The number of imidazole rings is 1. The Morgan fingerprint density at radius 3 is 2.94 bits per heavy atom. The maximum Gasteiger partial charge on any atom is 0.222 e. The van der Waals surface area contributed by atoms with E-state index < -0.39 is 0 Å². The number of aromatic amines is 1. The lowest BCUT2D eigenvalue weighted by atomic mass is 10.3. The predicted octanol–water partition coefficient (Wildman–Crippen LogP) is 2.32. The van der Waals surface area contributed by atoms with E-state index in [9.17, 15) is 0 Å². The summed E-state index contributed by atoms with van der Waals surface area (Å²) in [5, 5.41) is 4.45. The molecule has 0 aliphatic carbocycles. The summed E-state index contributed by atoms with van der Waals surface area (Å²) in [6.07, 6.45) is 1.61. The van der Waals surface area contributed by atoms with Gasteiger partial charge in [0.05, 0.1) is 11.2 Å². The summed E-state index contributed by atoms with van der Waals surface area (Å²) in [6, 6.07) is 0. The van der Waals surface area contributed by atoms with Gasteiger partial charge in [0, 0.05) is 16.3 Å². The van der Waals surface area contributed by atoms with Crippen molar-refractivity contribution in [2.45, 2.75) is 0 Å². The Morgan fingerprint density at radius 1 is 1.31 bits per heavy atom. The second-order valence-electron chi connectivity index (χ2n) is 3.18. The molecule has 3 aromatic rings. The van der Waals surface area contributed by atoms with Crippen molar-refractivity contribution in [2.24, 2.45) is 0 Å². The van der Waals surface area contributed by atoms with Gasteiger partial charge in [0.1, 0.15) is 11.3 Å². The normalized spacial score (nSPS) is 11.1. The second kappa shape index (κ2) is 3.43. The number of thiophene rings is 1. The number of hydrogen-bond donors (Lipinski definition) is 2. The molecule has 3 rings (SSSR count). The van der Waals surface area contributed by atoms with E-state index in [-0.39, 0.29) is 5.95 Å².